The molecule has 0 saturated carbocycles. The van der Waals surface area contributed by atoms with Gasteiger partial charge in [0.1, 0.15) is 46.4 Å². The molecule has 210 valence electrons. The molecule has 0 amide bonds. The molecule has 0 aliphatic carbocycles. The van der Waals surface area contributed by atoms with Crippen LogP contribution in [0.25, 0.3) is 21.9 Å². The number of aliphatic hydroxyl groups excluding tert-OH is 3. The van der Waals surface area contributed by atoms with Crippen LogP contribution in [0, 0.1) is 0 Å². The van der Waals surface area contributed by atoms with Gasteiger partial charge >= 0.3 is 0 Å². The molecular formula is C29H34O10. The Morgan fingerprint density at radius 1 is 0.949 bits per heavy atom. The third-order valence-electron chi connectivity index (χ3n) is 6.66. The van der Waals surface area contributed by atoms with E-state index in [0.29, 0.717) is 5.56 Å². The number of methoxy groups -OCH3 is 1. The van der Waals surface area contributed by atoms with Gasteiger partial charge in [0.25, 0.3) is 0 Å². The van der Waals surface area contributed by atoms with Crippen LogP contribution in [0.5, 0.6) is 23.0 Å². The first-order chi connectivity index (χ1) is 18.4. The van der Waals surface area contributed by atoms with Crippen LogP contribution in [0.3, 0.4) is 0 Å². The largest absolute Gasteiger partial charge is 0.507 e. The number of aromatic hydroxyl groups is 2. The second-order valence-corrected chi connectivity index (χ2v) is 10.1. The Morgan fingerprint density at radius 3 is 2.18 bits per heavy atom. The van der Waals surface area contributed by atoms with Crippen molar-refractivity contribution in [3.63, 3.8) is 0 Å². The zero-order valence-corrected chi connectivity index (χ0v) is 22.5. The standard InChI is InChI=1S/C29H34O10/c1-13(2)6-8-15-19(39-29-27(35)25(33)18(31)12-37-29)11-21-23(24(15)32)26(34)22-16(9-7-14(3)4)28(36-5)17(30)10-20(22)38-21/h6-7,10-11,18,25,27,29-33,35H,8-9,12H2,1-5H3/t18-,25?,27?,29+/m0/s1. The summed E-state index contributed by atoms with van der Waals surface area (Å²) in [6.07, 6.45) is -1.55. The van der Waals surface area contributed by atoms with Crippen molar-refractivity contribution in [3.8, 4) is 23.0 Å². The molecule has 4 rings (SSSR count). The zero-order valence-electron chi connectivity index (χ0n) is 22.5. The Bertz CT molecular complexity index is 1510. The molecule has 10 heteroatoms. The van der Waals surface area contributed by atoms with Gasteiger partial charge < -0.3 is 44.2 Å². The molecule has 39 heavy (non-hydrogen) atoms. The summed E-state index contributed by atoms with van der Waals surface area (Å²) in [7, 11) is 1.39. The number of phenolic OH excluding ortho intramolecular Hbond substituents is 2. The number of aliphatic hydroxyl groups is 3. The normalized spacial score (nSPS) is 21.1. The van der Waals surface area contributed by atoms with E-state index in [-0.39, 0.29) is 69.9 Å². The van der Waals surface area contributed by atoms with Gasteiger partial charge in [-0.25, -0.2) is 0 Å². The zero-order chi connectivity index (χ0) is 28.6. The van der Waals surface area contributed by atoms with Crippen LogP contribution in [0.2, 0.25) is 0 Å². The summed E-state index contributed by atoms with van der Waals surface area (Å²) < 4.78 is 22.7. The maximum Gasteiger partial charge on any atom is 0.228 e. The third-order valence-corrected chi connectivity index (χ3v) is 6.66. The van der Waals surface area contributed by atoms with Crippen molar-refractivity contribution in [2.45, 2.75) is 65.1 Å². The van der Waals surface area contributed by atoms with Crippen LogP contribution in [0.15, 0.2) is 44.6 Å². The van der Waals surface area contributed by atoms with Crippen LogP contribution in [-0.2, 0) is 17.6 Å². The van der Waals surface area contributed by atoms with E-state index in [2.05, 4.69) is 0 Å². The Balaban J connectivity index is 1.99. The molecule has 0 radical (unpaired) electrons. The van der Waals surface area contributed by atoms with Crippen LogP contribution in [-0.4, -0.2) is 63.9 Å². The summed E-state index contributed by atoms with van der Waals surface area (Å²) in [5.74, 6) is -0.395. The molecule has 3 aromatic rings. The molecule has 0 bridgehead atoms. The molecule has 1 aliphatic rings. The van der Waals surface area contributed by atoms with Crippen molar-refractivity contribution in [1.29, 1.82) is 0 Å². The van der Waals surface area contributed by atoms with Crippen LogP contribution < -0.4 is 14.9 Å². The van der Waals surface area contributed by atoms with Gasteiger partial charge in [0.15, 0.2) is 11.5 Å². The number of hydrogen-bond donors (Lipinski definition) is 5. The van der Waals surface area contributed by atoms with E-state index in [1.54, 1.807) is 0 Å². The summed E-state index contributed by atoms with van der Waals surface area (Å²) in [4.78, 5) is 13.9. The quantitative estimate of drug-likeness (QED) is 0.222. The Morgan fingerprint density at radius 2 is 1.56 bits per heavy atom. The van der Waals surface area contributed by atoms with Crippen molar-refractivity contribution in [2.24, 2.45) is 0 Å². The molecule has 4 atom stereocenters. The fourth-order valence-electron chi connectivity index (χ4n) is 4.56. The first-order valence-corrected chi connectivity index (χ1v) is 12.6. The summed E-state index contributed by atoms with van der Waals surface area (Å²) in [6.45, 7) is 7.29. The molecule has 2 aromatic carbocycles. The van der Waals surface area contributed by atoms with Gasteiger partial charge in [-0.3, -0.25) is 4.79 Å². The van der Waals surface area contributed by atoms with E-state index in [9.17, 15) is 30.3 Å². The van der Waals surface area contributed by atoms with E-state index in [0.717, 1.165) is 11.1 Å². The van der Waals surface area contributed by atoms with Gasteiger partial charge in [-0.1, -0.05) is 23.3 Å². The highest BCUT2D eigenvalue weighted by Gasteiger charge is 2.39. The lowest BCUT2D eigenvalue weighted by molar-refractivity contribution is -0.242. The van der Waals surface area contributed by atoms with Gasteiger partial charge in [-0.15, -0.1) is 0 Å². The number of rotatable bonds is 7. The molecule has 1 saturated heterocycles. The number of phenols is 2. The van der Waals surface area contributed by atoms with Crippen LogP contribution in [0.1, 0.15) is 38.8 Å². The molecule has 2 unspecified atom stereocenters. The lowest BCUT2D eigenvalue weighted by Crippen LogP contribution is -2.54. The van der Waals surface area contributed by atoms with Crippen molar-refractivity contribution < 1.29 is 44.2 Å². The number of allylic oxidation sites excluding steroid dienone is 4. The summed E-state index contributed by atoms with van der Waals surface area (Å²) in [5, 5.41) is 52.3. The van der Waals surface area contributed by atoms with Crippen molar-refractivity contribution in [3.05, 3.63) is 56.8 Å². The lowest BCUT2D eigenvalue weighted by Gasteiger charge is -2.35. The highest BCUT2D eigenvalue weighted by atomic mass is 16.7. The highest BCUT2D eigenvalue weighted by molar-refractivity contribution is 5.97. The van der Waals surface area contributed by atoms with E-state index >= 15 is 0 Å². The molecule has 1 fully saturated rings. The highest BCUT2D eigenvalue weighted by Crippen LogP contribution is 2.41. The lowest BCUT2D eigenvalue weighted by atomic mass is 9.98. The maximum absolute atomic E-state index is 13.9. The van der Waals surface area contributed by atoms with Crippen LogP contribution >= 0.6 is 0 Å². The predicted molar refractivity (Wildman–Crippen MR) is 145 cm³/mol. The monoisotopic (exact) mass is 542 g/mol. The van der Waals surface area contributed by atoms with Gasteiger partial charge in [-0.05, 0) is 40.5 Å². The fraction of sp³-hybridized carbons (Fsp3) is 0.414. The number of hydrogen-bond acceptors (Lipinski definition) is 10. The average Bonchev–Trinajstić information content (AvgIpc) is 2.86. The Hall–Kier alpha value is -3.57. The number of benzene rings is 2. The summed E-state index contributed by atoms with van der Waals surface area (Å²) >= 11 is 0. The van der Waals surface area contributed by atoms with E-state index in [1.165, 1.54) is 19.2 Å². The topological polar surface area (TPSA) is 159 Å². The minimum absolute atomic E-state index is 0.0236. The molecular weight excluding hydrogens is 508 g/mol. The van der Waals surface area contributed by atoms with Gasteiger partial charge in [0.05, 0.1) is 19.1 Å². The predicted octanol–water partition coefficient (Wildman–Crippen LogP) is 3.20. The first kappa shape index (κ1) is 28.4. The summed E-state index contributed by atoms with van der Waals surface area (Å²) in [5.41, 5.74) is 2.14. The fourth-order valence-corrected chi connectivity index (χ4v) is 4.56. The average molecular weight is 543 g/mol. The minimum atomic E-state index is -1.58. The summed E-state index contributed by atoms with van der Waals surface area (Å²) in [6, 6.07) is 2.68. The number of ether oxygens (including phenoxy) is 3. The molecule has 1 aromatic heterocycles. The van der Waals surface area contributed by atoms with Gasteiger partial charge in [-0.2, -0.15) is 0 Å². The molecule has 2 heterocycles. The maximum atomic E-state index is 13.9. The second kappa shape index (κ2) is 11.3. The third kappa shape index (κ3) is 5.46. The minimum Gasteiger partial charge on any atom is -0.507 e. The smallest absolute Gasteiger partial charge is 0.228 e. The molecule has 10 nitrogen and oxygen atoms in total. The van der Waals surface area contributed by atoms with Crippen LogP contribution in [0.4, 0.5) is 0 Å². The van der Waals surface area contributed by atoms with Crippen molar-refractivity contribution >= 4 is 21.9 Å². The van der Waals surface area contributed by atoms with E-state index in [4.69, 9.17) is 18.6 Å². The molecule has 5 N–H and O–H groups in total. The number of fused-ring (bicyclic) bond motifs is 2. The van der Waals surface area contributed by atoms with Gasteiger partial charge in [0.2, 0.25) is 11.7 Å². The SMILES string of the molecule is COc1c(O)cc2oc3cc(O[C@H]4OC[C@H](O)C(O)C4O)c(CC=C(C)C)c(O)c3c(=O)c2c1CC=C(C)C. The molecule has 1 aliphatic heterocycles. The molecule has 0 spiro atoms. The first-order valence-electron chi connectivity index (χ1n) is 12.6. The Labute approximate surface area is 225 Å². The van der Waals surface area contributed by atoms with E-state index < -0.39 is 30.0 Å². The van der Waals surface area contributed by atoms with Crippen molar-refractivity contribution in [2.75, 3.05) is 13.7 Å². The van der Waals surface area contributed by atoms with Gasteiger partial charge in [0, 0.05) is 23.3 Å². The second-order valence-electron chi connectivity index (χ2n) is 10.1. The van der Waals surface area contributed by atoms with Crippen molar-refractivity contribution in [1.82, 2.24) is 0 Å². The Kier molecular flexibility index (Phi) is 8.22. The van der Waals surface area contributed by atoms with E-state index in [1.807, 2.05) is 39.8 Å².